The summed E-state index contributed by atoms with van der Waals surface area (Å²) in [6, 6.07) is 1.54. The highest BCUT2D eigenvalue weighted by Gasteiger charge is 2.27. The summed E-state index contributed by atoms with van der Waals surface area (Å²) in [5.74, 6) is 6.83. The molecule has 3 heterocycles. The number of likely N-dealkylation sites (tertiary alicyclic amines) is 2. The van der Waals surface area contributed by atoms with Gasteiger partial charge in [-0.2, -0.15) is 0 Å². The zero-order valence-electron chi connectivity index (χ0n) is 15.1. The molecule has 0 aromatic heterocycles. The number of hydrogen-bond acceptors (Lipinski definition) is 5. The fourth-order valence-corrected chi connectivity index (χ4v) is 4.56. The minimum atomic E-state index is 0.757. The van der Waals surface area contributed by atoms with Crippen LogP contribution >= 0.6 is 0 Å². The molecule has 23 heavy (non-hydrogen) atoms. The van der Waals surface area contributed by atoms with Gasteiger partial charge in [-0.25, -0.2) is 5.01 Å². The van der Waals surface area contributed by atoms with Crippen molar-refractivity contribution in [2.24, 2.45) is 11.8 Å². The molecule has 5 heteroatoms. The summed E-state index contributed by atoms with van der Waals surface area (Å²) >= 11 is 0. The zero-order valence-corrected chi connectivity index (χ0v) is 15.1. The zero-order chi connectivity index (χ0) is 16.1. The van der Waals surface area contributed by atoms with Crippen LogP contribution in [-0.4, -0.2) is 79.8 Å². The van der Waals surface area contributed by atoms with Gasteiger partial charge in [0.05, 0.1) is 0 Å². The summed E-state index contributed by atoms with van der Waals surface area (Å²) in [4.78, 5) is 5.19. The first kappa shape index (κ1) is 17.6. The lowest BCUT2D eigenvalue weighted by Crippen LogP contribution is -2.51. The van der Waals surface area contributed by atoms with E-state index in [1.807, 2.05) is 5.01 Å². The third-order valence-electron chi connectivity index (χ3n) is 6.37. The molecule has 0 aromatic carbocycles. The van der Waals surface area contributed by atoms with Crippen molar-refractivity contribution in [1.29, 1.82) is 0 Å². The van der Waals surface area contributed by atoms with Crippen molar-refractivity contribution in [1.82, 2.24) is 20.1 Å². The molecule has 0 bridgehead atoms. The number of nitrogens with one attached hydrogen (secondary N) is 1. The monoisotopic (exact) mass is 323 g/mol. The summed E-state index contributed by atoms with van der Waals surface area (Å²) in [5, 5.41) is 5.82. The van der Waals surface area contributed by atoms with E-state index >= 15 is 0 Å². The average Bonchev–Trinajstić information content (AvgIpc) is 2.58. The molecule has 0 saturated carbocycles. The first-order chi connectivity index (χ1) is 11.2. The van der Waals surface area contributed by atoms with Crippen LogP contribution < -0.4 is 11.2 Å². The largest absolute Gasteiger partial charge is 0.314 e. The second-order valence-corrected chi connectivity index (χ2v) is 8.07. The van der Waals surface area contributed by atoms with Crippen LogP contribution in [0.25, 0.3) is 0 Å². The van der Waals surface area contributed by atoms with E-state index in [1.54, 1.807) is 0 Å². The third-order valence-corrected chi connectivity index (χ3v) is 6.37. The number of hydrazine groups is 1. The van der Waals surface area contributed by atoms with Gasteiger partial charge in [0.25, 0.3) is 0 Å². The SMILES string of the molecule is CN1CCC(CCNC2CCN(C3CCN(N)CC3)CC2)CC1. The highest BCUT2D eigenvalue weighted by atomic mass is 15.4. The maximum absolute atomic E-state index is 5.87. The van der Waals surface area contributed by atoms with E-state index < -0.39 is 0 Å². The quantitative estimate of drug-likeness (QED) is 0.742. The minimum absolute atomic E-state index is 0.757. The first-order valence-electron chi connectivity index (χ1n) is 9.86. The lowest BCUT2D eigenvalue weighted by atomic mass is 9.93. The highest BCUT2D eigenvalue weighted by molar-refractivity contribution is 4.84. The number of rotatable bonds is 5. The van der Waals surface area contributed by atoms with Crippen LogP contribution in [0.4, 0.5) is 0 Å². The average molecular weight is 324 g/mol. The van der Waals surface area contributed by atoms with E-state index in [0.29, 0.717) is 0 Å². The Bertz CT molecular complexity index is 324. The summed E-state index contributed by atoms with van der Waals surface area (Å²) in [7, 11) is 2.25. The summed E-state index contributed by atoms with van der Waals surface area (Å²) < 4.78 is 0. The van der Waals surface area contributed by atoms with E-state index in [-0.39, 0.29) is 0 Å². The number of piperidine rings is 3. The van der Waals surface area contributed by atoms with Gasteiger partial charge in [0.15, 0.2) is 0 Å². The van der Waals surface area contributed by atoms with Gasteiger partial charge in [0.1, 0.15) is 0 Å². The van der Waals surface area contributed by atoms with Crippen LogP contribution in [0, 0.1) is 5.92 Å². The molecule has 0 aromatic rings. The topological polar surface area (TPSA) is 47.8 Å². The molecule has 0 spiro atoms. The van der Waals surface area contributed by atoms with Crippen LogP contribution in [0.3, 0.4) is 0 Å². The van der Waals surface area contributed by atoms with Crippen LogP contribution in [0.1, 0.15) is 44.9 Å². The van der Waals surface area contributed by atoms with E-state index in [1.165, 1.54) is 77.7 Å². The summed E-state index contributed by atoms with van der Waals surface area (Å²) in [5.41, 5.74) is 0. The van der Waals surface area contributed by atoms with Gasteiger partial charge in [-0.3, -0.25) is 5.84 Å². The smallest absolute Gasteiger partial charge is 0.0143 e. The Morgan fingerprint density at radius 3 is 2.17 bits per heavy atom. The van der Waals surface area contributed by atoms with E-state index in [4.69, 9.17) is 5.84 Å². The predicted molar refractivity (Wildman–Crippen MR) is 96.2 cm³/mol. The Labute approximate surface area is 142 Å². The van der Waals surface area contributed by atoms with Gasteiger partial charge in [-0.05, 0) is 90.6 Å². The molecule has 0 radical (unpaired) electrons. The molecule has 0 amide bonds. The molecule has 0 unspecified atom stereocenters. The second-order valence-electron chi connectivity index (χ2n) is 8.07. The molecular formula is C18H37N5. The summed E-state index contributed by atoms with van der Waals surface area (Å²) in [6.07, 6.45) is 9.35. The molecule has 3 N–H and O–H groups in total. The van der Waals surface area contributed by atoms with Crippen LogP contribution in [0.5, 0.6) is 0 Å². The molecule has 134 valence electrons. The van der Waals surface area contributed by atoms with Crippen molar-refractivity contribution in [2.75, 3.05) is 52.9 Å². The number of hydrogen-bond donors (Lipinski definition) is 2. The number of nitrogens with zero attached hydrogens (tertiary/aromatic N) is 3. The fourth-order valence-electron chi connectivity index (χ4n) is 4.56. The van der Waals surface area contributed by atoms with Gasteiger partial charge in [-0.1, -0.05) is 0 Å². The number of nitrogens with two attached hydrogens (primary N) is 1. The van der Waals surface area contributed by atoms with E-state index in [9.17, 15) is 0 Å². The van der Waals surface area contributed by atoms with Crippen molar-refractivity contribution in [2.45, 2.75) is 57.0 Å². The normalized spacial score (nSPS) is 28.4. The van der Waals surface area contributed by atoms with Crippen LogP contribution in [0.2, 0.25) is 0 Å². The van der Waals surface area contributed by atoms with Crippen LogP contribution in [-0.2, 0) is 0 Å². The lowest BCUT2D eigenvalue weighted by molar-refractivity contribution is 0.0835. The highest BCUT2D eigenvalue weighted by Crippen LogP contribution is 2.21. The maximum Gasteiger partial charge on any atom is 0.0143 e. The molecule has 5 nitrogen and oxygen atoms in total. The van der Waals surface area contributed by atoms with Crippen molar-refractivity contribution >= 4 is 0 Å². The minimum Gasteiger partial charge on any atom is -0.314 e. The van der Waals surface area contributed by atoms with E-state index in [0.717, 1.165) is 31.1 Å². The van der Waals surface area contributed by atoms with Crippen molar-refractivity contribution in [3.8, 4) is 0 Å². The second kappa shape index (κ2) is 8.77. The van der Waals surface area contributed by atoms with Crippen LogP contribution in [0.15, 0.2) is 0 Å². The van der Waals surface area contributed by atoms with E-state index in [2.05, 4.69) is 22.2 Å². The lowest BCUT2D eigenvalue weighted by Gasteiger charge is -2.41. The molecule has 3 saturated heterocycles. The van der Waals surface area contributed by atoms with Gasteiger partial charge in [-0.15, -0.1) is 0 Å². The summed E-state index contributed by atoms with van der Waals surface area (Å²) in [6.45, 7) is 8.51. The van der Waals surface area contributed by atoms with Crippen molar-refractivity contribution < 1.29 is 0 Å². The standard InChI is InChI=1S/C18H37N5/c1-21-10-3-16(4-11-21)2-9-20-17-5-12-22(13-6-17)18-7-14-23(19)15-8-18/h16-18,20H,2-15,19H2,1H3. The molecule has 3 fully saturated rings. The predicted octanol–water partition coefficient (Wildman–Crippen LogP) is 1.11. The first-order valence-corrected chi connectivity index (χ1v) is 9.86. The Morgan fingerprint density at radius 2 is 1.52 bits per heavy atom. The Kier molecular flexibility index (Phi) is 6.72. The Morgan fingerprint density at radius 1 is 0.870 bits per heavy atom. The van der Waals surface area contributed by atoms with Gasteiger partial charge < -0.3 is 15.1 Å². The van der Waals surface area contributed by atoms with Gasteiger partial charge in [0, 0.05) is 25.2 Å². The molecule has 3 rings (SSSR count). The van der Waals surface area contributed by atoms with Crippen molar-refractivity contribution in [3.05, 3.63) is 0 Å². The Balaban J connectivity index is 1.27. The maximum atomic E-state index is 5.87. The molecular weight excluding hydrogens is 286 g/mol. The molecule has 0 aliphatic carbocycles. The fraction of sp³-hybridized carbons (Fsp3) is 1.00. The molecule has 3 aliphatic rings. The molecule has 3 aliphatic heterocycles. The third kappa shape index (κ3) is 5.40. The van der Waals surface area contributed by atoms with Gasteiger partial charge in [0.2, 0.25) is 0 Å². The van der Waals surface area contributed by atoms with Crippen molar-refractivity contribution in [3.63, 3.8) is 0 Å². The Hall–Kier alpha value is -0.200. The molecule has 0 atom stereocenters. The van der Waals surface area contributed by atoms with Gasteiger partial charge >= 0.3 is 0 Å².